The molecule has 2 aromatic carbocycles. The number of aromatic carboxylic acids is 2. The van der Waals surface area contributed by atoms with Crippen LogP contribution in [0.4, 0.5) is 0 Å². The number of carboxylic acids is 2. The fraction of sp³-hybridized carbons (Fsp3) is 0.533. The Morgan fingerprint density at radius 1 is 0.543 bits per heavy atom. The van der Waals surface area contributed by atoms with E-state index < -0.39 is 11.9 Å². The molecule has 0 amide bonds. The van der Waals surface area contributed by atoms with Crippen LogP contribution in [-0.2, 0) is 12.8 Å². The van der Waals surface area contributed by atoms with Gasteiger partial charge in [-0.15, -0.1) is 0 Å². The second-order valence-electron chi connectivity index (χ2n) is 9.01. The number of carboxylic acid groups (broad SMARTS) is 2. The third kappa shape index (κ3) is 15.7. The predicted molar refractivity (Wildman–Crippen MR) is 150 cm³/mol. The van der Waals surface area contributed by atoms with E-state index in [1.165, 1.54) is 125 Å². The molecule has 0 bridgehead atoms. The fourth-order valence-electron chi connectivity index (χ4n) is 3.95. The maximum absolute atomic E-state index is 10.5. The van der Waals surface area contributed by atoms with E-state index in [1.54, 1.807) is 0 Å². The van der Waals surface area contributed by atoms with Gasteiger partial charge in [0.15, 0.2) is 0 Å². The first-order valence-electron chi connectivity index (χ1n) is 13.1. The Morgan fingerprint density at radius 3 is 1.17 bits per heavy atom. The lowest BCUT2D eigenvalue weighted by Gasteiger charge is -2.05. The zero-order valence-electron chi connectivity index (χ0n) is 21.2. The van der Waals surface area contributed by atoms with Crippen LogP contribution in [0.15, 0.2) is 48.5 Å². The minimum Gasteiger partial charge on any atom is -0.478 e. The van der Waals surface area contributed by atoms with E-state index >= 15 is 0 Å². The molecule has 0 aliphatic heterocycles. The van der Waals surface area contributed by atoms with E-state index in [0.717, 1.165) is 0 Å². The molecule has 2 N–H and O–H groups in total. The van der Waals surface area contributed by atoms with Gasteiger partial charge in [-0.2, -0.15) is 0 Å². The summed E-state index contributed by atoms with van der Waals surface area (Å²) in [6.07, 6.45) is 19.3. The molecule has 0 aliphatic carbocycles. The number of hydrogen-bond donors (Lipinski definition) is 2. The summed E-state index contributed by atoms with van der Waals surface area (Å²) in [7, 11) is 0. The largest absolute Gasteiger partial charge is 0.478 e. The average Bonchev–Trinajstić information content (AvgIpc) is 2.84. The van der Waals surface area contributed by atoms with Crippen molar-refractivity contribution in [3.63, 3.8) is 0 Å². The molecule has 5 heteroatoms. The van der Waals surface area contributed by atoms with Gasteiger partial charge in [0.05, 0.1) is 11.1 Å². The van der Waals surface area contributed by atoms with Crippen LogP contribution in [0.2, 0.25) is 0 Å². The van der Waals surface area contributed by atoms with Crippen LogP contribution in [0.1, 0.15) is 123 Å². The van der Waals surface area contributed by atoms with Gasteiger partial charge in [0.1, 0.15) is 0 Å². The number of benzene rings is 2. The molecule has 0 saturated carbocycles. The summed E-state index contributed by atoms with van der Waals surface area (Å²) in [6.45, 7) is 4.57. The highest BCUT2D eigenvalue weighted by Crippen LogP contribution is 2.14. The van der Waals surface area contributed by atoms with E-state index in [0.29, 0.717) is 0 Å². The Kier molecular flexibility index (Phi) is 20.3. The number of rotatable bonds is 16. The molecule has 4 nitrogen and oxygen atoms in total. The van der Waals surface area contributed by atoms with Crippen molar-refractivity contribution < 1.29 is 19.8 Å². The SMILES string of the molecule is CCCCCCCCc1ccc(CCCCCCCC)cc1.O=C(O)c1ccccc1C(=O)O.[MgH2]. The van der Waals surface area contributed by atoms with Crippen molar-refractivity contribution in [1.29, 1.82) is 0 Å². The lowest BCUT2D eigenvalue weighted by atomic mass is 10.0. The van der Waals surface area contributed by atoms with Crippen LogP contribution in [0, 0.1) is 0 Å². The Morgan fingerprint density at radius 2 is 0.857 bits per heavy atom. The van der Waals surface area contributed by atoms with Crippen LogP contribution < -0.4 is 0 Å². The number of hydrogen-bond acceptors (Lipinski definition) is 2. The predicted octanol–water partition coefficient (Wildman–Crippen LogP) is 7.66. The number of unbranched alkanes of at least 4 members (excludes halogenated alkanes) is 10. The minimum absolute atomic E-state index is 0. The Labute approximate surface area is 228 Å². The molecule has 35 heavy (non-hydrogen) atoms. The normalized spacial score (nSPS) is 10.1. The molecule has 0 atom stereocenters. The van der Waals surface area contributed by atoms with Crippen molar-refractivity contribution in [3.05, 3.63) is 70.8 Å². The van der Waals surface area contributed by atoms with Crippen LogP contribution in [0.5, 0.6) is 0 Å². The average molecular weight is 495 g/mol. The summed E-state index contributed by atoms with van der Waals surface area (Å²) in [5.41, 5.74) is 2.68. The fourth-order valence-corrected chi connectivity index (χ4v) is 3.95. The summed E-state index contributed by atoms with van der Waals surface area (Å²) >= 11 is 0. The lowest BCUT2D eigenvalue weighted by Crippen LogP contribution is -2.06. The number of aryl methyl sites for hydroxylation is 2. The van der Waals surface area contributed by atoms with Crippen LogP contribution >= 0.6 is 0 Å². The van der Waals surface area contributed by atoms with Gasteiger partial charge in [0.25, 0.3) is 0 Å². The van der Waals surface area contributed by atoms with Gasteiger partial charge in [0.2, 0.25) is 0 Å². The molecule has 0 unspecified atom stereocenters. The third-order valence-corrected chi connectivity index (χ3v) is 6.05. The van der Waals surface area contributed by atoms with Gasteiger partial charge in [-0.05, 0) is 48.9 Å². The minimum atomic E-state index is -1.23. The highest BCUT2D eigenvalue weighted by atomic mass is 24.3. The van der Waals surface area contributed by atoms with Gasteiger partial charge in [-0.25, -0.2) is 9.59 Å². The summed E-state index contributed by atoms with van der Waals surface area (Å²) in [5, 5.41) is 17.1. The van der Waals surface area contributed by atoms with Crippen molar-refractivity contribution in [2.24, 2.45) is 0 Å². The van der Waals surface area contributed by atoms with Crippen LogP contribution in [-0.4, -0.2) is 45.2 Å². The smallest absolute Gasteiger partial charge is 0.336 e. The van der Waals surface area contributed by atoms with E-state index in [9.17, 15) is 9.59 Å². The molecule has 0 fully saturated rings. The second kappa shape index (κ2) is 21.4. The van der Waals surface area contributed by atoms with Gasteiger partial charge < -0.3 is 10.2 Å². The first kappa shape index (κ1) is 33.1. The Balaban J connectivity index is 0.000000753. The zero-order chi connectivity index (χ0) is 25.0. The molecule has 0 aliphatic rings. The van der Waals surface area contributed by atoms with Gasteiger partial charge in [-0.1, -0.05) is 114 Å². The monoisotopic (exact) mass is 494 g/mol. The van der Waals surface area contributed by atoms with Crippen LogP contribution in [0.3, 0.4) is 0 Å². The summed E-state index contributed by atoms with van der Waals surface area (Å²) in [5.74, 6) is -2.46. The maximum atomic E-state index is 10.5. The van der Waals surface area contributed by atoms with Gasteiger partial charge in [0, 0.05) is 0 Å². The van der Waals surface area contributed by atoms with Crippen molar-refractivity contribution in [2.75, 3.05) is 0 Å². The van der Waals surface area contributed by atoms with Crippen LogP contribution in [0.25, 0.3) is 0 Å². The molecule has 0 radical (unpaired) electrons. The first-order chi connectivity index (χ1) is 16.5. The molecule has 2 aromatic rings. The van der Waals surface area contributed by atoms with E-state index in [1.807, 2.05) is 0 Å². The van der Waals surface area contributed by atoms with Crippen molar-refractivity contribution in [1.82, 2.24) is 0 Å². The first-order valence-corrected chi connectivity index (χ1v) is 13.1. The van der Waals surface area contributed by atoms with E-state index in [-0.39, 0.29) is 34.2 Å². The maximum Gasteiger partial charge on any atom is 0.336 e. The molecule has 0 heterocycles. The molecule has 2 rings (SSSR count). The van der Waals surface area contributed by atoms with Gasteiger partial charge in [-0.3, -0.25) is 0 Å². The molecular weight excluding hydrogens is 449 g/mol. The van der Waals surface area contributed by atoms with Crippen molar-refractivity contribution >= 4 is 35.0 Å². The third-order valence-electron chi connectivity index (χ3n) is 6.05. The quantitative estimate of drug-likeness (QED) is 0.185. The van der Waals surface area contributed by atoms with Gasteiger partial charge >= 0.3 is 35.0 Å². The van der Waals surface area contributed by atoms with E-state index in [2.05, 4.69) is 38.1 Å². The summed E-state index contributed by atoms with van der Waals surface area (Å²) in [4.78, 5) is 20.9. The Hall–Kier alpha value is -1.85. The molecule has 0 aromatic heterocycles. The highest BCUT2D eigenvalue weighted by molar-refractivity contribution is 6.01. The molecular formula is C30H46MgO4. The second-order valence-corrected chi connectivity index (χ2v) is 9.01. The highest BCUT2D eigenvalue weighted by Gasteiger charge is 2.13. The number of carbonyl (C=O) groups is 2. The topological polar surface area (TPSA) is 74.6 Å². The molecule has 0 saturated heterocycles. The zero-order valence-corrected chi connectivity index (χ0v) is 21.2. The molecule has 0 spiro atoms. The summed E-state index contributed by atoms with van der Waals surface area (Å²) < 4.78 is 0. The van der Waals surface area contributed by atoms with Crippen molar-refractivity contribution in [2.45, 2.75) is 104 Å². The molecule has 192 valence electrons. The Bertz CT molecular complexity index is 749. The lowest BCUT2D eigenvalue weighted by molar-refractivity contribution is 0.0651. The standard InChI is InChI=1S/C22H38.C8H6O4.Mg.2H/c1-3-5-7-9-11-13-15-21-17-19-22(20-18-21)16-14-12-10-8-6-4-2;9-7(10)5-3-1-2-4-6(5)8(11)12;;;/h17-20H,3-16H2,1-2H3;1-4H,(H,9,10)(H,11,12);;;. The van der Waals surface area contributed by atoms with E-state index in [4.69, 9.17) is 10.2 Å². The summed E-state index contributed by atoms with van der Waals surface area (Å²) in [6, 6.07) is 14.9. The van der Waals surface area contributed by atoms with Crippen molar-refractivity contribution in [3.8, 4) is 0 Å².